The zero-order valence-electron chi connectivity index (χ0n) is 13.6. The number of methoxy groups -OCH3 is 1. The highest BCUT2D eigenvalue weighted by Crippen LogP contribution is 2.21. The van der Waals surface area contributed by atoms with E-state index >= 15 is 0 Å². The first-order chi connectivity index (χ1) is 10.8. The van der Waals surface area contributed by atoms with Crippen molar-refractivity contribution >= 4 is 0 Å². The van der Waals surface area contributed by atoms with Gasteiger partial charge in [0.2, 0.25) is 0 Å². The van der Waals surface area contributed by atoms with Gasteiger partial charge in [0.25, 0.3) is 0 Å². The summed E-state index contributed by atoms with van der Waals surface area (Å²) in [7, 11) is 1.77. The molecule has 3 heterocycles. The predicted molar refractivity (Wildman–Crippen MR) is 82.7 cm³/mol. The van der Waals surface area contributed by atoms with Crippen LogP contribution in [0.3, 0.4) is 0 Å². The first kappa shape index (κ1) is 15.9. The van der Waals surface area contributed by atoms with Crippen LogP contribution in [0.15, 0.2) is 6.20 Å². The van der Waals surface area contributed by atoms with Crippen LogP contribution in [0.2, 0.25) is 0 Å². The molecule has 3 rings (SSSR count). The number of aromatic nitrogens is 3. The van der Waals surface area contributed by atoms with Gasteiger partial charge in [0.05, 0.1) is 37.9 Å². The van der Waals surface area contributed by atoms with Crippen LogP contribution in [0, 0.1) is 0 Å². The molecule has 0 radical (unpaired) electrons. The summed E-state index contributed by atoms with van der Waals surface area (Å²) in [5.41, 5.74) is 1.01. The molecule has 124 valence electrons. The smallest absolute Gasteiger partial charge is 0.0949 e. The number of nitrogens with one attached hydrogen (secondary N) is 1. The van der Waals surface area contributed by atoms with Gasteiger partial charge in [-0.05, 0) is 12.8 Å². The lowest BCUT2D eigenvalue weighted by atomic mass is 10.0. The van der Waals surface area contributed by atoms with Crippen LogP contribution >= 0.6 is 0 Å². The van der Waals surface area contributed by atoms with E-state index in [9.17, 15) is 0 Å². The number of hydrogen-bond donors (Lipinski definition) is 1. The molecule has 2 aliphatic heterocycles. The molecule has 0 bridgehead atoms. The lowest BCUT2D eigenvalue weighted by molar-refractivity contribution is 0.0138. The van der Waals surface area contributed by atoms with Gasteiger partial charge in [0, 0.05) is 38.7 Å². The normalized spacial score (nSPS) is 28.1. The zero-order chi connectivity index (χ0) is 15.4. The van der Waals surface area contributed by atoms with E-state index in [2.05, 4.69) is 33.6 Å². The second kappa shape index (κ2) is 7.50. The van der Waals surface area contributed by atoms with Crippen molar-refractivity contribution in [1.29, 1.82) is 0 Å². The fourth-order valence-corrected chi connectivity index (χ4v) is 3.34. The molecular formula is C15H27N5O2. The predicted octanol–water partition coefficient (Wildman–Crippen LogP) is 0.438. The Hall–Kier alpha value is -1.02. The number of ether oxygens (including phenoxy) is 2. The van der Waals surface area contributed by atoms with Crippen LogP contribution in [0.25, 0.3) is 0 Å². The molecule has 0 saturated carbocycles. The average molecular weight is 309 g/mol. The molecule has 1 aromatic rings. The van der Waals surface area contributed by atoms with Gasteiger partial charge in [-0.3, -0.25) is 4.90 Å². The minimum absolute atomic E-state index is 0.187. The van der Waals surface area contributed by atoms with Crippen molar-refractivity contribution in [3.8, 4) is 0 Å². The molecule has 7 nitrogen and oxygen atoms in total. The standard InChI is InChI=1S/C15H27N5O2/c1-12(15-8-16-5-7-22-15)14-9-20(18-17-14)11-19-6-3-4-13(19)10-21-2/h9,12-13,15-16H,3-8,10-11H2,1-2H3/t12?,13-,15?/m0/s1. The number of hydrogen-bond acceptors (Lipinski definition) is 6. The fourth-order valence-electron chi connectivity index (χ4n) is 3.34. The molecule has 2 fully saturated rings. The van der Waals surface area contributed by atoms with E-state index < -0.39 is 0 Å². The third kappa shape index (κ3) is 3.65. The third-order valence-electron chi connectivity index (χ3n) is 4.72. The van der Waals surface area contributed by atoms with Gasteiger partial charge in [-0.1, -0.05) is 12.1 Å². The van der Waals surface area contributed by atoms with Crippen LogP contribution in [-0.4, -0.2) is 72.0 Å². The van der Waals surface area contributed by atoms with Crippen LogP contribution in [0.1, 0.15) is 31.4 Å². The maximum Gasteiger partial charge on any atom is 0.0949 e. The van der Waals surface area contributed by atoms with E-state index in [1.54, 1.807) is 7.11 Å². The van der Waals surface area contributed by atoms with Crippen molar-refractivity contribution < 1.29 is 9.47 Å². The van der Waals surface area contributed by atoms with E-state index in [1.165, 1.54) is 12.8 Å². The minimum atomic E-state index is 0.187. The summed E-state index contributed by atoms with van der Waals surface area (Å²) in [4.78, 5) is 2.42. The van der Waals surface area contributed by atoms with Crippen molar-refractivity contribution in [1.82, 2.24) is 25.2 Å². The molecule has 0 aliphatic carbocycles. The Morgan fingerprint density at radius 1 is 1.55 bits per heavy atom. The molecule has 7 heteroatoms. The second-order valence-corrected chi connectivity index (χ2v) is 6.29. The van der Waals surface area contributed by atoms with Gasteiger partial charge in [-0.2, -0.15) is 0 Å². The quantitative estimate of drug-likeness (QED) is 0.822. The lowest BCUT2D eigenvalue weighted by Crippen LogP contribution is -2.41. The highest BCUT2D eigenvalue weighted by Gasteiger charge is 2.27. The topological polar surface area (TPSA) is 64.4 Å². The summed E-state index contributed by atoms with van der Waals surface area (Å²) in [6.07, 6.45) is 4.68. The SMILES string of the molecule is COC[C@@H]1CCCN1Cn1cc(C(C)C2CNCCO2)nn1. The summed E-state index contributed by atoms with van der Waals surface area (Å²) >= 11 is 0. The molecule has 2 aliphatic rings. The van der Waals surface area contributed by atoms with Crippen molar-refractivity contribution in [2.75, 3.05) is 40.0 Å². The molecule has 2 saturated heterocycles. The van der Waals surface area contributed by atoms with Gasteiger partial charge in [0.15, 0.2) is 0 Å². The van der Waals surface area contributed by atoms with E-state index in [1.807, 2.05) is 4.68 Å². The maximum atomic E-state index is 5.82. The van der Waals surface area contributed by atoms with Crippen LogP contribution in [0.5, 0.6) is 0 Å². The fraction of sp³-hybridized carbons (Fsp3) is 0.867. The lowest BCUT2D eigenvalue weighted by Gasteiger charge is -2.27. The molecule has 1 aromatic heterocycles. The molecule has 3 atom stereocenters. The van der Waals surface area contributed by atoms with Gasteiger partial charge >= 0.3 is 0 Å². The summed E-state index contributed by atoms with van der Waals surface area (Å²) in [5, 5.41) is 12.0. The summed E-state index contributed by atoms with van der Waals surface area (Å²) < 4.78 is 13.1. The molecule has 22 heavy (non-hydrogen) atoms. The van der Waals surface area contributed by atoms with Crippen molar-refractivity contribution in [3.05, 3.63) is 11.9 Å². The molecule has 0 amide bonds. The summed E-state index contributed by atoms with van der Waals surface area (Å²) in [6.45, 7) is 7.44. The van der Waals surface area contributed by atoms with E-state index in [0.717, 1.165) is 45.2 Å². The Morgan fingerprint density at radius 2 is 2.45 bits per heavy atom. The van der Waals surface area contributed by atoms with Crippen LogP contribution < -0.4 is 5.32 Å². The Kier molecular flexibility index (Phi) is 5.41. The van der Waals surface area contributed by atoms with Gasteiger partial charge < -0.3 is 14.8 Å². The van der Waals surface area contributed by atoms with Gasteiger partial charge in [-0.15, -0.1) is 5.10 Å². The highest BCUT2D eigenvalue weighted by molar-refractivity contribution is 5.04. The van der Waals surface area contributed by atoms with Crippen molar-refractivity contribution in [2.45, 2.75) is 44.5 Å². The Bertz CT molecular complexity index is 461. The molecule has 0 spiro atoms. The Labute approximate surface area is 131 Å². The molecule has 0 aromatic carbocycles. The summed E-state index contributed by atoms with van der Waals surface area (Å²) in [5.74, 6) is 0.259. The molecule has 2 unspecified atom stereocenters. The van der Waals surface area contributed by atoms with E-state index in [-0.39, 0.29) is 12.0 Å². The molecule has 1 N–H and O–H groups in total. The van der Waals surface area contributed by atoms with Crippen molar-refractivity contribution in [3.63, 3.8) is 0 Å². The minimum Gasteiger partial charge on any atom is -0.383 e. The number of nitrogens with zero attached hydrogens (tertiary/aromatic N) is 4. The third-order valence-corrected chi connectivity index (χ3v) is 4.72. The average Bonchev–Trinajstić information content (AvgIpc) is 3.18. The van der Waals surface area contributed by atoms with Gasteiger partial charge in [0.1, 0.15) is 0 Å². The van der Waals surface area contributed by atoms with Gasteiger partial charge in [-0.25, -0.2) is 4.68 Å². The second-order valence-electron chi connectivity index (χ2n) is 6.29. The number of likely N-dealkylation sites (tertiary alicyclic amines) is 1. The largest absolute Gasteiger partial charge is 0.383 e. The number of rotatable bonds is 6. The maximum absolute atomic E-state index is 5.82. The van der Waals surface area contributed by atoms with Crippen LogP contribution in [0.4, 0.5) is 0 Å². The van der Waals surface area contributed by atoms with E-state index in [0.29, 0.717) is 6.04 Å². The molecular weight excluding hydrogens is 282 g/mol. The first-order valence-corrected chi connectivity index (χ1v) is 8.23. The van der Waals surface area contributed by atoms with Crippen LogP contribution in [-0.2, 0) is 16.1 Å². The Morgan fingerprint density at radius 3 is 3.23 bits per heavy atom. The summed E-state index contributed by atoms with van der Waals surface area (Å²) in [6, 6.07) is 0.501. The van der Waals surface area contributed by atoms with Crippen molar-refractivity contribution in [2.24, 2.45) is 0 Å². The monoisotopic (exact) mass is 309 g/mol. The van der Waals surface area contributed by atoms with E-state index in [4.69, 9.17) is 9.47 Å². The Balaban J connectivity index is 1.58. The zero-order valence-corrected chi connectivity index (χ0v) is 13.6. The number of morpholine rings is 1. The highest BCUT2D eigenvalue weighted by atomic mass is 16.5. The first-order valence-electron chi connectivity index (χ1n) is 8.23.